The highest BCUT2D eigenvalue weighted by Gasteiger charge is 2.12. The molecule has 2 aliphatic rings. The highest BCUT2D eigenvalue weighted by Crippen LogP contribution is 2.26. The molecule has 5 nitrogen and oxygen atoms in total. The summed E-state index contributed by atoms with van der Waals surface area (Å²) < 4.78 is 20.7. The average Bonchev–Trinajstić information content (AvgIpc) is 2.77. The number of hydrogen-bond acceptors (Lipinski definition) is 4. The molecule has 0 spiro atoms. The molecule has 17 heavy (non-hydrogen) atoms. The molecule has 1 aromatic heterocycles. The molecule has 0 aliphatic carbocycles. The minimum absolute atomic E-state index is 0.213. The van der Waals surface area contributed by atoms with Gasteiger partial charge in [-0.1, -0.05) is 18.2 Å². The van der Waals surface area contributed by atoms with Gasteiger partial charge in [0.1, 0.15) is 12.5 Å². The van der Waals surface area contributed by atoms with E-state index in [1.54, 1.807) is 0 Å². The molecule has 0 bridgehead atoms. The second kappa shape index (κ2) is 2.98. The number of hydrogen-bond donors (Lipinski definition) is 1. The van der Waals surface area contributed by atoms with Crippen molar-refractivity contribution >= 4 is 22.0 Å². The second-order valence-electron chi connectivity index (χ2n) is 3.67. The van der Waals surface area contributed by atoms with Gasteiger partial charge in [0.05, 0.1) is 5.39 Å². The largest absolute Gasteiger partial charge is 0.453 e. The summed E-state index contributed by atoms with van der Waals surface area (Å²) in [6.45, 7) is 0. The zero-order valence-corrected chi connectivity index (χ0v) is 8.60. The molecule has 2 aromatic rings. The van der Waals surface area contributed by atoms with Crippen LogP contribution in [0, 0.1) is 11.0 Å². The molecule has 3 heterocycles. The van der Waals surface area contributed by atoms with E-state index in [0.29, 0.717) is 11.1 Å². The van der Waals surface area contributed by atoms with Crippen LogP contribution in [0.1, 0.15) is 0 Å². The molecule has 4 rings (SSSR count). The lowest BCUT2D eigenvalue weighted by molar-refractivity contribution is 0.0179. The Morgan fingerprint density at radius 1 is 0.941 bits per heavy atom. The Morgan fingerprint density at radius 2 is 1.82 bits per heavy atom. The maximum atomic E-state index is 5.42. The summed E-state index contributed by atoms with van der Waals surface area (Å²) in [5.74, 6) is 0. The number of rotatable bonds is 0. The molecular weight excluding hydrogens is 222 g/mol. The van der Waals surface area contributed by atoms with Gasteiger partial charge in [0.15, 0.2) is 0 Å². The fourth-order valence-electron chi connectivity index (χ4n) is 1.99. The Bertz CT molecular complexity index is 899. The van der Waals surface area contributed by atoms with Gasteiger partial charge in [-0.3, -0.25) is 4.58 Å². The molecule has 0 amide bonds. The molecular formula is C12H7NO4. The van der Waals surface area contributed by atoms with Crippen LogP contribution in [0.2, 0.25) is 0 Å². The van der Waals surface area contributed by atoms with Crippen LogP contribution < -0.4 is 0 Å². The van der Waals surface area contributed by atoms with Gasteiger partial charge in [-0.05, 0) is 6.07 Å². The first-order valence-electron chi connectivity index (χ1n) is 5.12. The number of H-pyrrole nitrogens is 1. The Labute approximate surface area is 93.5 Å². The van der Waals surface area contributed by atoms with Crippen LogP contribution in [0.4, 0.5) is 0 Å². The van der Waals surface area contributed by atoms with Crippen molar-refractivity contribution in [2.75, 3.05) is 0 Å². The molecule has 0 atom stereocenters. The van der Waals surface area contributed by atoms with Crippen LogP contribution >= 0.6 is 0 Å². The first-order chi connectivity index (χ1) is 8.43. The lowest BCUT2D eigenvalue weighted by Gasteiger charge is -1.92. The van der Waals surface area contributed by atoms with Gasteiger partial charge < -0.3 is 13.8 Å². The number of aromatic amines is 1. The first kappa shape index (κ1) is 8.58. The van der Waals surface area contributed by atoms with Crippen molar-refractivity contribution in [3.05, 3.63) is 47.8 Å². The van der Waals surface area contributed by atoms with Crippen molar-refractivity contribution in [2.24, 2.45) is 0 Å². The minimum atomic E-state index is 0.213. The summed E-state index contributed by atoms with van der Waals surface area (Å²) in [4.78, 5) is 3.11. The molecule has 0 saturated carbocycles. The standard InChI is InChI=1S/C12H7NO4/c1-2-4-8-7(3-1)9-10-12(15-6-5-14-10)17-16-11(9)13-8/h1-6,13H. The summed E-state index contributed by atoms with van der Waals surface area (Å²) in [5, 5.41) is 1.81. The third kappa shape index (κ3) is 1.08. The van der Waals surface area contributed by atoms with Gasteiger partial charge in [-0.15, -0.1) is 0 Å². The molecule has 84 valence electrons. The van der Waals surface area contributed by atoms with Gasteiger partial charge in [0.2, 0.25) is 5.42 Å². The van der Waals surface area contributed by atoms with E-state index < -0.39 is 0 Å². The Morgan fingerprint density at radius 3 is 2.82 bits per heavy atom. The van der Waals surface area contributed by atoms with E-state index in [-0.39, 0.29) is 5.61 Å². The summed E-state index contributed by atoms with van der Waals surface area (Å²) in [6.07, 6.45) is 2.85. The predicted octanol–water partition coefficient (Wildman–Crippen LogP) is 3.54. The maximum Gasteiger partial charge on any atom is 0.379 e. The van der Waals surface area contributed by atoms with Crippen LogP contribution in [-0.4, -0.2) is 4.98 Å². The van der Waals surface area contributed by atoms with Crippen molar-refractivity contribution in [3.63, 3.8) is 0 Å². The molecule has 0 fully saturated rings. The number of fused-ring (bicyclic) bond motifs is 4. The third-order valence-electron chi connectivity index (χ3n) is 2.70. The molecule has 0 saturated heterocycles. The van der Waals surface area contributed by atoms with Crippen LogP contribution in [0.5, 0.6) is 0 Å². The van der Waals surface area contributed by atoms with E-state index in [1.807, 2.05) is 24.3 Å². The van der Waals surface area contributed by atoms with Gasteiger partial charge in [-0.25, -0.2) is 4.58 Å². The fraction of sp³-hybridized carbons (Fsp3) is 0. The molecule has 0 unspecified atom stereocenters. The van der Waals surface area contributed by atoms with Crippen molar-refractivity contribution in [3.8, 4) is 0 Å². The minimum Gasteiger partial charge on any atom is -0.453 e. The lowest BCUT2D eigenvalue weighted by Crippen LogP contribution is -1.77. The Hall–Kier alpha value is -2.56. The zero-order valence-electron chi connectivity index (χ0n) is 8.60. The average molecular weight is 229 g/mol. The van der Waals surface area contributed by atoms with Crippen LogP contribution in [-0.2, 0) is 0 Å². The molecule has 2 aliphatic heterocycles. The molecule has 5 heteroatoms. The van der Waals surface area contributed by atoms with E-state index in [4.69, 9.17) is 18.0 Å². The Kier molecular flexibility index (Phi) is 1.50. The van der Waals surface area contributed by atoms with E-state index in [0.717, 1.165) is 16.3 Å². The first-order valence-corrected chi connectivity index (χ1v) is 5.12. The highest BCUT2D eigenvalue weighted by molar-refractivity contribution is 6.04. The van der Waals surface area contributed by atoms with Crippen molar-refractivity contribution in [1.29, 1.82) is 0 Å². The van der Waals surface area contributed by atoms with Crippen molar-refractivity contribution in [1.82, 2.24) is 4.98 Å². The Balaban J connectivity index is 2.45. The lowest BCUT2D eigenvalue weighted by atomic mass is 10.2. The maximum absolute atomic E-state index is 5.42. The molecule has 1 N–H and O–H groups in total. The molecule has 0 radical (unpaired) electrons. The van der Waals surface area contributed by atoms with Crippen LogP contribution in [0.25, 0.3) is 22.0 Å². The van der Waals surface area contributed by atoms with Crippen molar-refractivity contribution in [2.45, 2.75) is 0 Å². The zero-order chi connectivity index (χ0) is 11.2. The number of nitrogens with one attached hydrogen (secondary N) is 1. The van der Waals surface area contributed by atoms with Crippen molar-refractivity contribution < 1.29 is 18.0 Å². The number of benzene rings is 1. The van der Waals surface area contributed by atoms with Gasteiger partial charge >= 0.3 is 5.61 Å². The summed E-state index contributed by atoms with van der Waals surface area (Å²) in [6, 6.07) is 7.83. The normalized spacial score (nSPS) is 11.5. The van der Waals surface area contributed by atoms with Gasteiger partial charge in [0.25, 0.3) is 5.71 Å². The smallest absolute Gasteiger partial charge is 0.379 e. The van der Waals surface area contributed by atoms with E-state index in [2.05, 4.69) is 4.98 Å². The fourth-order valence-corrected chi connectivity index (χ4v) is 1.99. The number of para-hydroxylation sites is 1. The second-order valence-corrected chi connectivity index (χ2v) is 3.67. The predicted molar refractivity (Wildman–Crippen MR) is 57.8 cm³/mol. The molecule has 1 aromatic carbocycles. The number of aromatic nitrogens is 1. The highest BCUT2D eigenvalue weighted by atomic mass is 17.0. The monoisotopic (exact) mass is 229 g/mol. The summed E-state index contributed by atoms with van der Waals surface area (Å²) in [5.41, 5.74) is 2.20. The van der Waals surface area contributed by atoms with E-state index in [1.165, 1.54) is 12.5 Å². The summed E-state index contributed by atoms with van der Waals surface area (Å²) in [7, 11) is 0. The third-order valence-corrected chi connectivity index (χ3v) is 2.70. The van der Waals surface area contributed by atoms with Crippen LogP contribution in [0.3, 0.4) is 0 Å². The van der Waals surface area contributed by atoms with Gasteiger partial charge in [0, 0.05) is 10.9 Å². The SMILES string of the molecule is c1ccc2c(c1)[nH]c1ooc3occoc=3c12. The topological polar surface area (TPSA) is 68.3 Å². The van der Waals surface area contributed by atoms with Crippen LogP contribution in [0.15, 0.2) is 54.8 Å². The van der Waals surface area contributed by atoms with Gasteiger partial charge in [-0.2, -0.15) is 0 Å². The van der Waals surface area contributed by atoms with E-state index in [9.17, 15) is 0 Å². The summed E-state index contributed by atoms with van der Waals surface area (Å²) >= 11 is 0. The van der Waals surface area contributed by atoms with E-state index >= 15 is 0 Å². The quantitative estimate of drug-likeness (QED) is 0.468.